The zero-order valence-corrected chi connectivity index (χ0v) is 12.1. The van der Waals surface area contributed by atoms with Crippen LogP contribution in [0.15, 0.2) is 27.4 Å². The van der Waals surface area contributed by atoms with Crippen LogP contribution in [-0.4, -0.2) is 26.3 Å². The third-order valence-corrected chi connectivity index (χ3v) is 4.68. The molecule has 0 bridgehead atoms. The Morgan fingerprint density at radius 1 is 1.05 bits per heavy atom. The molecule has 1 aliphatic carbocycles. The van der Waals surface area contributed by atoms with Crippen LogP contribution in [0.3, 0.4) is 0 Å². The third-order valence-electron chi connectivity index (χ3n) is 4.68. The molecule has 0 spiro atoms. The van der Waals surface area contributed by atoms with Crippen molar-refractivity contribution < 1.29 is 14.1 Å². The van der Waals surface area contributed by atoms with Gasteiger partial charge in [-0.3, -0.25) is 0 Å². The maximum absolute atomic E-state index is 11.8. The van der Waals surface area contributed by atoms with Crippen molar-refractivity contribution in [1.82, 2.24) is 0 Å². The van der Waals surface area contributed by atoms with Crippen LogP contribution in [0.1, 0.15) is 23.1 Å². The summed E-state index contributed by atoms with van der Waals surface area (Å²) in [5, 5.41) is 1.12. The largest absolute Gasteiger partial charge is 0.423 e. The van der Waals surface area contributed by atoms with E-state index in [-0.39, 0.29) is 5.63 Å². The normalized spacial score (nSPS) is 19.0. The fourth-order valence-corrected chi connectivity index (χ4v) is 3.55. The van der Waals surface area contributed by atoms with E-state index in [9.17, 15) is 4.79 Å². The summed E-state index contributed by atoms with van der Waals surface area (Å²) in [6, 6.07) is 6.00. The van der Waals surface area contributed by atoms with E-state index in [1.54, 1.807) is 6.07 Å². The molecule has 21 heavy (non-hydrogen) atoms. The molecule has 0 amide bonds. The van der Waals surface area contributed by atoms with Crippen molar-refractivity contribution in [1.29, 1.82) is 0 Å². The van der Waals surface area contributed by atoms with E-state index >= 15 is 0 Å². The first-order valence-electron chi connectivity index (χ1n) is 7.79. The van der Waals surface area contributed by atoms with E-state index in [0.29, 0.717) is 0 Å². The number of morpholine rings is 1. The number of nitrogens with one attached hydrogen (secondary N) is 1. The fourth-order valence-electron chi connectivity index (χ4n) is 3.55. The van der Waals surface area contributed by atoms with Crippen molar-refractivity contribution in [2.75, 3.05) is 26.3 Å². The molecule has 110 valence electrons. The van der Waals surface area contributed by atoms with Crippen molar-refractivity contribution >= 4 is 11.0 Å². The number of quaternary nitrogens is 1. The second kappa shape index (κ2) is 5.28. The van der Waals surface area contributed by atoms with E-state index in [0.717, 1.165) is 62.2 Å². The molecule has 1 aromatic carbocycles. The van der Waals surface area contributed by atoms with E-state index in [4.69, 9.17) is 9.15 Å². The van der Waals surface area contributed by atoms with Gasteiger partial charge in [0.25, 0.3) is 0 Å². The predicted octanol–water partition coefficient (Wildman–Crippen LogP) is 0.697. The summed E-state index contributed by atoms with van der Waals surface area (Å²) in [6.45, 7) is 4.51. The van der Waals surface area contributed by atoms with Crippen molar-refractivity contribution in [2.24, 2.45) is 0 Å². The highest BCUT2D eigenvalue weighted by Gasteiger charge is 2.19. The third kappa shape index (κ3) is 2.49. The summed E-state index contributed by atoms with van der Waals surface area (Å²) < 4.78 is 10.8. The summed E-state index contributed by atoms with van der Waals surface area (Å²) in [5.74, 6) is 0. The molecule has 1 saturated heterocycles. The Hall–Kier alpha value is -1.65. The van der Waals surface area contributed by atoms with Crippen LogP contribution in [0.4, 0.5) is 0 Å². The van der Waals surface area contributed by atoms with Gasteiger partial charge in [-0.25, -0.2) is 4.79 Å². The van der Waals surface area contributed by atoms with Gasteiger partial charge < -0.3 is 14.1 Å². The SMILES string of the molecule is O=c1cc(C[NH+]2CCOCC2)c2cc3c(cc2o1)CCC3. The van der Waals surface area contributed by atoms with E-state index in [2.05, 4.69) is 12.1 Å². The molecular formula is C17H20NO3+. The van der Waals surface area contributed by atoms with Crippen LogP contribution in [0.5, 0.6) is 0 Å². The Labute approximate surface area is 123 Å². The van der Waals surface area contributed by atoms with E-state index in [1.165, 1.54) is 22.4 Å². The molecule has 0 unspecified atom stereocenters. The average molecular weight is 286 g/mol. The van der Waals surface area contributed by atoms with Crippen LogP contribution in [-0.2, 0) is 24.1 Å². The topological polar surface area (TPSA) is 43.9 Å². The highest BCUT2D eigenvalue weighted by atomic mass is 16.5. The summed E-state index contributed by atoms with van der Waals surface area (Å²) in [7, 11) is 0. The van der Waals surface area contributed by atoms with Gasteiger partial charge in [0, 0.05) is 17.0 Å². The highest BCUT2D eigenvalue weighted by molar-refractivity contribution is 5.82. The monoisotopic (exact) mass is 286 g/mol. The number of aryl methyl sites for hydroxylation is 2. The highest BCUT2D eigenvalue weighted by Crippen LogP contribution is 2.28. The summed E-state index contributed by atoms with van der Waals surface area (Å²) >= 11 is 0. The van der Waals surface area contributed by atoms with E-state index in [1.807, 2.05) is 0 Å². The zero-order chi connectivity index (χ0) is 14.2. The summed E-state index contributed by atoms with van der Waals surface area (Å²) in [6.07, 6.45) is 3.46. The molecule has 0 radical (unpaired) electrons. The molecule has 1 aliphatic heterocycles. The Morgan fingerprint density at radius 2 is 1.81 bits per heavy atom. The lowest BCUT2D eigenvalue weighted by molar-refractivity contribution is -0.921. The number of hydrogen-bond donors (Lipinski definition) is 1. The first kappa shape index (κ1) is 13.0. The van der Waals surface area contributed by atoms with Crippen molar-refractivity contribution in [3.63, 3.8) is 0 Å². The molecule has 4 rings (SSSR count). The zero-order valence-electron chi connectivity index (χ0n) is 12.1. The molecule has 4 nitrogen and oxygen atoms in total. The predicted molar refractivity (Wildman–Crippen MR) is 79.7 cm³/mol. The Kier molecular flexibility index (Phi) is 3.28. The van der Waals surface area contributed by atoms with Crippen molar-refractivity contribution in [3.8, 4) is 0 Å². The molecule has 2 aliphatic rings. The van der Waals surface area contributed by atoms with Gasteiger partial charge in [0.2, 0.25) is 0 Å². The van der Waals surface area contributed by atoms with Gasteiger partial charge in [0.1, 0.15) is 25.2 Å². The lowest BCUT2D eigenvalue weighted by Crippen LogP contribution is -3.12. The van der Waals surface area contributed by atoms with Gasteiger partial charge in [-0.1, -0.05) is 0 Å². The van der Waals surface area contributed by atoms with Crippen molar-refractivity contribution in [3.05, 3.63) is 45.3 Å². The lowest BCUT2D eigenvalue weighted by atomic mass is 10.0. The summed E-state index contributed by atoms with van der Waals surface area (Å²) in [4.78, 5) is 13.3. The van der Waals surface area contributed by atoms with Crippen LogP contribution in [0, 0.1) is 0 Å². The van der Waals surface area contributed by atoms with Gasteiger partial charge in [0.05, 0.1) is 13.2 Å². The average Bonchev–Trinajstić information content (AvgIpc) is 2.93. The number of benzene rings is 1. The number of fused-ring (bicyclic) bond motifs is 2. The smallest absolute Gasteiger partial charge is 0.336 e. The molecule has 2 aromatic rings. The molecule has 4 heteroatoms. The van der Waals surface area contributed by atoms with Gasteiger partial charge >= 0.3 is 5.63 Å². The minimum atomic E-state index is -0.233. The summed E-state index contributed by atoms with van der Waals surface area (Å²) in [5.41, 5.74) is 4.41. The molecular weight excluding hydrogens is 266 g/mol. The van der Waals surface area contributed by atoms with Gasteiger partial charge in [-0.05, 0) is 42.5 Å². The first-order chi connectivity index (χ1) is 10.3. The first-order valence-corrected chi connectivity index (χ1v) is 7.79. The van der Waals surface area contributed by atoms with Crippen LogP contribution >= 0.6 is 0 Å². The molecule has 2 heterocycles. The minimum Gasteiger partial charge on any atom is -0.423 e. The molecule has 0 atom stereocenters. The van der Waals surface area contributed by atoms with E-state index < -0.39 is 0 Å². The Balaban J connectivity index is 1.77. The number of ether oxygens (including phenoxy) is 1. The Bertz CT molecular complexity index is 729. The van der Waals surface area contributed by atoms with Gasteiger partial charge in [-0.15, -0.1) is 0 Å². The lowest BCUT2D eigenvalue weighted by Gasteiger charge is -2.24. The maximum atomic E-state index is 11.8. The van der Waals surface area contributed by atoms with Gasteiger partial charge in [0.15, 0.2) is 0 Å². The van der Waals surface area contributed by atoms with Gasteiger partial charge in [-0.2, -0.15) is 0 Å². The maximum Gasteiger partial charge on any atom is 0.336 e. The fraction of sp³-hybridized carbons (Fsp3) is 0.471. The Morgan fingerprint density at radius 3 is 2.62 bits per heavy atom. The number of rotatable bonds is 2. The van der Waals surface area contributed by atoms with Crippen LogP contribution in [0.25, 0.3) is 11.0 Å². The molecule has 1 aromatic heterocycles. The molecule has 1 fully saturated rings. The van der Waals surface area contributed by atoms with Crippen molar-refractivity contribution in [2.45, 2.75) is 25.8 Å². The van der Waals surface area contributed by atoms with Crippen LogP contribution < -0.4 is 10.5 Å². The molecule has 1 N–H and O–H groups in total. The second-order valence-electron chi connectivity index (χ2n) is 6.10. The molecule has 0 saturated carbocycles. The number of hydrogen-bond acceptors (Lipinski definition) is 3. The van der Waals surface area contributed by atoms with Crippen LogP contribution in [0.2, 0.25) is 0 Å². The quantitative estimate of drug-likeness (QED) is 0.827. The minimum absolute atomic E-state index is 0.233. The standard InChI is InChI=1S/C17H19NO3/c19-17-10-14(11-18-4-6-20-7-5-18)15-8-12-2-1-3-13(12)9-16(15)21-17/h8-10H,1-7,11H2/p+1. The second-order valence-corrected chi connectivity index (χ2v) is 6.10.